The minimum Gasteiger partial charge on any atom is -0.312 e. The lowest BCUT2D eigenvalue weighted by Gasteiger charge is -2.17. The number of nitrogens with one attached hydrogen (secondary N) is 2. The Morgan fingerprint density at radius 2 is 2.00 bits per heavy atom. The van der Waals surface area contributed by atoms with Gasteiger partial charge in [0.25, 0.3) is 5.91 Å². The van der Waals surface area contributed by atoms with Crippen molar-refractivity contribution in [1.29, 1.82) is 0 Å². The molecule has 1 aromatic heterocycles. The van der Waals surface area contributed by atoms with Gasteiger partial charge in [-0.3, -0.25) is 30.2 Å². The number of amides is 3. The molecular formula is C17H15BrN4O3. The summed E-state index contributed by atoms with van der Waals surface area (Å²) in [4.78, 5) is 41.8. The molecule has 8 heteroatoms. The first-order chi connectivity index (χ1) is 12.0. The van der Waals surface area contributed by atoms with Crippen molar-refractivity contribution in [3.05, 3.63) is 58.8 Å². The summed E-state index contributed by atoms with van der Waals surface area (Å²) in [5, 5.41) is 0. The average molecular weight is 403 g/mol. The first-order valence-electron chi connectivity index (χ1n) is 7.62. The zero-order chi connectivity index (χ0) is 17.8. The number of carbonyl (C=O) groups excluding carboxylic acids is 3. The summed E-state index contributed by atoms with van der Waals surface area (Å²) in [5.74, 6) is -1.58. The number of benzene rings is 1. The number of anilines is 1. The average Bonchev–Trinajstić information content (AvgIpc) is 3.02. The molecule has 0 aliphatic carbocycles. The largest absolute Gasteiger partial charge is 0.312 e. The van der Waals surface area contributed by atoms with E-state index in [2.05, 4.69) is 31.8 Å². The lowest BCUT2D eigenvalue weighted by Crippen LogP contribution is -2.45. The van der Waals surface area contributed by atoms with Crippen LogP contribution in [-0.4, -0.2) is 29.3 Å². The van der Waals surface area contributed by atoms with Crippen LogP contribution < -0.4 is 15.8 Å². The molecule has 1 fully saturated rings. The third-order valence-electron chi connectivity index (χ3n) is 3.81. The van der Waals surface area contributed by atoms with Gasteiger partial charge in [0.2, 0.25) is 11.8 Å². The number of pyridine rings is 1. The molecule has 2 heterocycles. The molecule has 0 bridgehead atoms. The standard InChI is InChI=1S/C17H15BrN4O3/c18-12-4-3-5-13(9-12)22-10-11(8-15(22)23)16(24)20-21-17(25)14-6-1-2-7-19-14/h1-7,9,11H,8,10H2,(H,20,24)(H,21,25). The molecule has 1 aliphatic rings. The molecule has 0 spiro atoms. The Balaban J connectivity index is 1.58. The number of carbonyl (C=O) groups is 3. The second-order valence-corrected chi connectivity index (χ2v) is 6.46. The van der Waals surface area contributed by atoms with Gasteiger partial charge in [0.05, 0.1) is 5.92 Å². The van der Waals surface area contributed by atoms with E-state index in [-0.39, 0.29) is 24.6 Å². The maximum Gasteiger partial charge on any atom is 0.288 e. The highest BCUT2D eigenvalue weighted by atomic mass is 79.9. The molecule has 3 rings (SSSR count). The van der Waals surface area contributed by atoms with Crippen molar-refractivity contribution >= 4 is 39.3 Å². The van der Waals surface area contributed by atoms with Crippen molar-refractivity contribution in [2.45, 2.75) is 6.42 Å². The maximum absolute atomic E-state index is 12.2. The topological polar surface area (TPSA) is 91.4 Å². The van der Waals surface area contributed by atoms with Crippen LogP contribution in [0.15, 0.2) is 53.1 Å². The molecule has 1 unspecified atom stereocenters. The lowest BCUT2D eigenvalue weighted by atomic mass is 10.1. The smallest absolute Gasteiger partial charge is 0.288 e. The normalized spacial score (nSPS) is 16.6. The summed E-state index contributed by atoms with van der Waals surface area (Å²) in [7, 11) is 0. The Morgan fingerprint density at radius 3 is 2.72 bits per heavy atom. The fraction of sp³-hybridized carbons (Fsp3) is 0.176. The van der Waals surface area contributed by atoms with Gasteiger partial charge in [-0.1, -0.05) is 28.1 Å². The van der Waals surface area contributed by atoms with Crippen LogP contribution in [0.25, 0.3) is 0 Å². The predicted molar refractivity (Wildman–Crippen MR) is 94.4 cm³/mol. The van der Waals surface area contributed by atoms with Crippen LogP contribution in [0.5, 0.6) is 0 Å². The quantitative estimate of drug-likeness (QED) is 0.763. The van der Waals surface area contributed by atoms with Crippen molar-refractivity contribution in [2.75, 3.05) is 11.4 Å². The van der Waals surface area contributed by atoms with Gasteiger partial charge >= 0.3 is 0 Å². The number of aromatic nitrogens is 1. The predicted octanol–water partition coefficient (Wildman–Crippen LogP) is 1.66. The molecule has 128 valence electrons. The number of halogens is 1. The van der Waals surface area contributed by atoms with Gasteiger partial charge in [-0.15, -0.1) is 0 Å². The van der Waals surface area contributed by atoms with Gasteiger partial charge in [0.1, 0.15) is 5.69 Å². The van der Waals surface area contributed by atoms with Crippen LogP contribution in [0, 0.1) is 5.92 Å². The third-order valence-corrected chi connectivity index (χ3v) is 4.31. The van der Waals surface area contributed by atoms with Crippen molar-refractivity contribution < 1.29 is 14.4 Å². The second-order valence-electron chi connectivity index (χ2n) is 5.54. The van der Waals surface area contributed by atoms with E-state index in [1.807, 2.05) is 24.3 Å². The van der Waals surface area contributed by atoms with E-state index in [0.717, 1.165) is 10.2 Å². The minimum atomic E-state index is -0.532. The molecule has 0 radical (unpaired) electrons. The zero-order valence-electron chi connectivity index (χ0n) is 13.1. The number of hydrogen-bond donors (Lipinski definition) is 2. The Kier molecular flexibility index (Phi) is 5.08. The molecule has 25 heavy (non-hydrogen) atoms. The summed E-state index contributed by atoms with van der Waals surface area (Å²) >= 11 is 3.37. The highest BCUT2D eigenvalue weighted by molar-refractivity contribution is 9.10. The number of nitrogens with zero attached hydrogens (tertiary/aromatic N) is 2. The van der Waals surface area contributed by atoms with Gasteiger partial charge in [-0.25, -0.2) is 0 Å². The summed E-state index contributed by atoms with van der Waals surface area (Å²) in [6.45, 7) is 0.264. The van der Waals surface area contributed by atoms with E-state index >= 15 is 0 Å². The van der Waals surface area contributed by atoms with Gasteiger partial charge in [-0.2, -0.15) is 0 Å². The van der Waals surface area contributed by atoms with E-state index < -0.39 is 17.7 Å². The van der Waals surface area contributed by atoms with Crippen molar-refractivity contribution in [3.63, 3.8) is 0 Å². The summed E-state index contributed by atoms with van der Waals surface area (Å²) in [6.07, 6.45) is 1.58. The lowest BCUT2D eigenvalue weighted by molar-refractivity contribution is -0.126. The fourth-order valence-electron chi connectivity index (χ4n) is 2.56. The van der Waals surface area contributed by atoms with Crippen molar-refractivity contribution in [1.82, 2.24) is 15.8 Å². The minimum absolute atomic E-state index is 0.0950. The van der Waals surface area contributed by atoms with Gasteiger partial charge in [0, 0.05) is 29.3 Å². The van der Waals surface area contributed by atoms with E-state index in [4.69, 9.17) is 0 Å². The molecule has 1 aliphatic heterocycles. The Hall–Kier alpha value is -2.74. The fourth-order valence-corrected chi connectivity index (χ4v) is 2.95. The summed E-state index contributed by atoms with van der Waals surface area (Å²) < 4.78 is 0.855. The number of rotatable bonds is 3. The molecule has 1 saturated heterocycles. The molecule has 2 N–H and O–H groups in total. The van der Waals surface area contributed by atoms with Crippen LogP contribution in [0.4, 0.5) is 5.69 Å². The maximum atomic E-state index is 12.2. The number of hydrogen-bond acceptors (Lipinski definition) is 4. The van der Waals surface area contributed by atoms with E-state index in [9.17, 15) is 14.4 Å². The molecular weight excluding hydrogens is 388 g/mol. The molecule has 1 aromatic carbocycles. The van der Waals surface area contributed by atoms with E-state index in [1.54, 1.807) is 17.0 Å². The van der Waals surface area contributed by atoms with Crippen LogP contribution in [0.3, 0.4) is 0 Å². The van der Waals surface area contributed by atoms with E-state index in [0.29, 0.717) is 0 Å². The SMILES string of the molecule is O=C(NNC(=O)C1CC(=O)N(c2cccc(Br)c2)C1)c1ccccn1. The summed E-state index contributed by atoms with van der Waals surface area (Å²) in [5.41, 5.74) is 5.60. The van der Waals surface area contributed by atoms with Gasteiger partial charge in [-0.05, 0) is 30.3 Å². The zero-order valence-corrected chi connectivity index (χ0v) is 14.7. The summed E-state index contributed by atoms with van der Waals surface area (Å²) in [6, 6.07) is 12.2. The van der Waals surface area contributed by atoms with Crippen LogP contribution in [-0.2, 0) is 9.59 Å². The van der Waals surface area contributed by atoms with Crippen molar-refractivity contribution in [2.24, 2.45) is 5.92 Å². The molecule has 0 saturated carbocycles. The first kappa shape index (κ1) is 17.1. The molecule has 3 amide bonds. The Morgan fingerprint density at radius 1 is 1.16 bits per heavy atom. The third kappa shape index (κ3) is 4.03. The first-order valence-corrected chi connectivity index (χ1v) is 8.41. The molecule has 2 aromatic rings. The molecule has 1 atom stereocenters. The highest BCUT2D eigenvalue weighted by Gasteiger charge is 2.35. The van der Waals surface area contributed by atoms with Crippen LogP contribution >= 0.6 is 15.9 Å². The van der Waals surface area contributed by atoms with Crippen LogP contribution in [0.2, 0.25) is 0 Å². The second kappa shape index (κ2) is 7.43. The Bertz CT molecular complexity index is 813. The highest BCUT2D eigenvalue weighted by Crippen LogP contribution is 2.27. The van der Waals surface area contributed by atoms with E-state index in [1.165, 1.54) is 12.3 Å². The Labute approximate surface area is 152 Å². The van der Waals surface area contributed by atoms with Crippen molar-refractivity contribution in [3.8, 4) is 0 Å². The molecule has 7 nitrogen and oxygen atoms in total. The van der Waals surface area contributed by atoms with Crippen LogP contribution in [0.1, 0.15) is 16.9 Å². The number of hydrazine groups is 1. The monoisotopic (exact) mass is 402 g/mol. The van der Waals surface area contributed by atoms with Gasteiger partial charge < -0.3 is 4.90 Å². The van der Waals surface area contributed by atoms with Gasteiger partial charge in [0.15, 0.2) is 0 Å².